The quantitative estimate of drug-likeness (QED) is 0.800. The van der Waals surface area contributed by atoms with Gasteiger partial charge in [-0.25, -0.2) is 5.01 Å². The van der Waals surface area contributed by atoms with Crippen LogP contribution < -0.4 is 0 Å². The highest BCUT2D eigenvalue weighted by Gasteiger charge is 2.39. The summed E-state index contributed by atoms with van der Waals surface area (Å²) in [6.07, 6.45) is 0. The van der Waals surface area contributed by atoms with Crippen molar-refractivity contribution in [2.75, 3.05) is 11.5 Å². The summed E-state index contributed by atoms with van der Waals surface area (Å²) >= 11 is 1.80. The van der Waals surface area contributed by atoms with Crippen LogP contribution >= 0.6 is 11.8 Å². The molecule has 0 radical (unpaired) electrons. The number of thioether (sulfide) groups is 1. The van der Waals surface area contributed by atoms with Crippen molar-refractivity contribution in [3.05, 3.63) is 35.4 Å². The molecule has 1 amide bonds. The van der Waals surface area contributed by atoms with Gasteiger partial charge in [0.1, 0.15) is 0 Å². The second-order valence-electron chi connectivity index (χ2n) is 4.48. The van der Waals surface area contributed by atoms with E-state index < -0.39 is 0 Å². The molecule has 1 aromatic rings. The monoisotopic (exact) mass is 246 g/mol. The van der Waals surface area contributed by atoms with Crippen molar-refractivity contribution in [2.24, 2.45) is 11.0 Å². The van der Waals surface area contributed by atoms with Gasteiger partial charge in [-0.3, -0.25) is 4.79 Å². The Balaban J connectivity index is 1.81. The van der Waals surface area contributed by atoms with Crippen LogP contribution in [0.2, 0.25) is 0 Å². The molecule has 1 saturated heterocycles. The molecule has 0 aromatic heterocycles. The summed E-state index contributed by atoms with van der Waals surface area (Å²) in [4.78, 5) is 12.1. The van der Waals surface area contributed by atoms with Crippen molar-refractivity contribution < 1.29 is 4.79 Å². The second-order valence-corrected chi connectivity index (χ2v) is 5.51. The first-order chi connectivity index (χ1) is 8.25. The highest BCUT2D eigenvalue weighted by Crippen LogP contribution is 2.29. The number of benzene rings is 1. The molecule has 2 aliphatic rings. The van der Waals surface area contributed by atoms with Gasteiger partial charge >= 0.3 is 0 Å². The van der Waals surface area contributed by atoms with Crippen LogP contribution in [0.3, 0.4) is 0 Å². The van der Waals surface area contributed by atoms with Crippen LogP contribution in [0.15, 0.2) is 29.4 Å². The number of carbonyl (C=O) groups is 1. The highest BCUT2D eigenvalue weighted by molar-refractivity contribution is 8.00. The zero-order chi connectivity index (χ0) is 11.8. The van der Waals surface area contributed by atoms with E-state index in [1.165, 1.54) is 11.1 Å². The minimum Gasteiger partial charge on any atom is -0.272 e. The Labute approximate surface area is 105 Å². The zero-order valence-electron chi connectivity index (χ0n) is 9.72. The largest absolute Gasteiger partial charge is 0.272 e. The van der Waals surface area contributed by atoms with Crippen LogP contribution in [0.25, 0.3) is 0 Å². The lowest BCUT2D eigenvalue weighted by molar-refractivity contribution is -0.131. The molecule has 17 heavy (non-hydrogen) atoms. The molecule has 0 spiro atoms. The van der Waals surface area contributed by atoms with E-state index in [4.69, 9.17) is 0 Å². The average molecular weight is 246 g/mol. The maximum absolute atomic E-state index is 12.1. The van der Waals surface area contributed by atoms with E-state index >= 15 is 0 Å². The fraction of sp³-hybridized carbons (Fsp3) is 0.385. The number of hydrazone groups is 1. The van der Waals surface area contributed by atoms with Crippen molar-refractivity contribution in [1.82, 2.24) is 5.01 Å². The molecule has 3 nitrogen and oxygen atoms in total. The first-order valence-corrected chi connectivity index (χ1v) is 6.92. The van der Waals surface area contributed by atoms with Crippen LogP contribution in [0.1, 0.15) is 11.1 Å². The lowest BCUT2D eigenvalue weighted by Gasteiger charge is -2.15. The van der Waals surface area contributed by atoms with Crippen LogP contribution in [0.5, 0.6) is 0 Å². The summed E-state index contributed by atoms with van der Waals surface area (Å²) in [5.41, 5.74) is 3.46. The third-order valence-electron chi connectivity index (χ3n) is 3.32. The number of hydrogen-bond acceptors (Lipinski definition) is 3. The van der Waals surface area contributed by atoms with E-state index in [1.807, 2.05) is 12.1 Å². The number of fused-ring (bicyclic) bond motifs is 1. The molecule has 0 bridgehead atoms. The van der Waals surface area contributed by atoms with Gasteiger partial charge in [-0.2, -0.15) is 16.9 Å². The van der Waals surface area contributed by atoms with Gasteiger partial charge in [-0.15, -0.1) is 0 Å². The Morgan fingerprint density at radius 2 is 2.29 bits per heavy atom. The molecule has 0 N–H and O–H groups in total. The predicted octanol–water partition coefficient (Wildman–Crippen LogP) is 2.06. The fourth-order valence-corrected chi connectivity index (χ4v) is 3.39. The van der Waals surface area contributed by atoms with E-state index in [1.54, 1.807) is 16.8 Å². The zero-order valence-corrected chi connectivity index (χ0v) is 10.5. The summed E-state index contributed by atoms with van der Waals surface area (Å²) in [5, 5.41) is 6.09. The van der Waals surface area contributed by atoms with Crippen LogP contribution in [0, 0.1) is 12.8 Å². The topological polar surface area (TPSA) is 32.7 Å². The number of nitrogens with zero attached hydrogens (tertiary/aromatic N) is 2. The Morgan fingerprint density at radius 3 is 3.06 bits per heavy atom. The van der Waals surface area contributed by atoms with Crippen molar-refractivity contribution in [3.8, 4) is 0 Å². The van der Waals surface area contributed by atoms with E-state index in [2.05, 4.69) is 24.2 Å². The summed E-state index contributed by atoms with van der Waals surface area (Å²) in [5.74, 6) is 2.06. The van der Waals surface area contributed by atoms with Gasteiger partial charge in [0.05, 0.1) is 18.2 Å². The molecule has 1 unspecified atom stereocenters. The standard InChI is InChI=1S/C13H14N2OS/c1-9-4-2-3-5-10(9)6-15-13(16)11-7-17-8-12(11)14-15/h2-5,11H,6-8H2,1H3. The van der Waals surface area contributed by atoms with Crippen molar-refractivity contribution in [3.63, 3.8) is 0 Å². The van der Waals surface area contributed by atoms with Crippen molar-refractivity contribution in [2.45, 2.75) is 13.5 Å². The molecule has 88 valence electrons. The van der Waals surface area contributed by atoms with Gasteiger partial charge in [0.15, 0.2) is 0 Å². The smallest absolute Gasteiger partial charge is 0.252 e. The Kier molecular flexibility index (Phi) is 2.67. The SMILES string of the molecule is Cc1ccccc1CN1N=C2CSCC2C1=O. The molecular formula is C13H14N2OS. The molecule has 2 heterocycles. The van der Waals surface area contributed by atoms with Gasteiger partial charge in [-0.1, -0.05) is 24.3 Å². The molecule has 3 rings (SSSR count). The second kappa shape index (κ2) is 4.18. The third-order valence-corrected chi connectivity index (χ3v) is 4.39. The molecule has 2 aliphatic heterocycles. The molecular weight excluding hydrogens is 232 g/mol. The maximum Gasteiger partial charge on any atom is 0.252 e. The number of aryl methyl sites for hydroxylation is 1. The molecule has 4 heteroatoms. The Hall–Kier alpha value is -1.29. The number of hydrogen-bond donors (Lipinski definition) is 0. The Bertz CT molecular complexity index is 498. The molecule has 1 aromatic carbocycles. The van der Waals surface area contributed by atoms with Crippen molar-refractivity contribution >= 4 is 23.4 Å². The van der Waals surface area contributed by atoms with Crippen LogP contribution in [0.4, 0.5) is 0 Å². The normalized spacial score (nSPS) is 22.9. The first kappa shape index (κ1) is 10.8. The van der Waals surface area contributed by atoms with E-state index in [0.29, 0.717) is 6.54 Å². The minimum absolute atomic E-state index is 0.0593. The Morgan fingerprint density at radius 1 is 1.47 bits per heavy atom. The van der Waals surface area contributed by atoms with E-state index in [-0.39, 0.29) is 11.8 Å². The summed E-state index contributed by atoms with van der Waals surface area (Å²) in [7, 11) is 0. The predicted molar refractivity (Wildman–Crippen MR) is 70.0 cm³/mol. The number of rotatable bonds is 2. The summed E-state index contributed by atoms with van der Waals surface area (Å²) in [6, 6.07) is 8.15. The lowest BCUT2D eigenvalue weighted by atomic mass is 10.1. The van der Waals surface area contributed by atoms with Crippen LogP contribution in [-0.2, 0) is 11.3 Å². The number of carbonyl (C=O) groups excluding carboxylic acids is 1. The molecule has 0 aliphatic carbocycles. The fourth-order valence-electron chi connectivity index (χ4n) is 2.24. The van der Waals surface area contributed by atoms with E-state index in [9.17, 15) is 4.79 Å². The van der Waals surface area contributed by atoms with Crippen molar-refractivity contribution in [1.29, 1.82) is 0 Å². The highest BCUT2D eigenvalue weighted by atomic mass is 32.2. The third kappa shape index (κ3) is 1.86. The molecule has 1 atom stereocenters. The van der Waals surface area contributed by atoms with Gasteiger partial charge in [0.2, 0.25) is 0 Å². The molecule has 1 fully saturated rings. The molecule has 0 saturated carbocycles. The number of amides is 1. The van der Waals surface area contributed by atoms with Gasteiger partial charge in [0.25, 0.3) is 5.91 Å². The average Bonchev–Trinajstić information content (AvgIpc) is 2.87. The van der Waals surface area contributed by atoms with E-state index in [0.717, 1.165) is 17.2 Å². The van der Waals surface area contributed by atoms with Gasteiger partial charge in [-0.05, 0) is 18.1 Å². The summed E-state index contributed by atoms with van der Waals surface area (Å²) < 4.78 is 0. The van der Waals surface area contributed by atoms with Crippen LogP contribution in [-0.4, -0.2) is 28.1 Å². The summed E-state index contributed by atoms with van der Waals surface area (Å²) in [6.45, 7) is 2.68. The van der Waals surface area contributed by atoms with Gasteiger partial charge < -0.3 is 0 Å². The first-order valence-electron chi connectivity index (χ1n) is 5.76. The lowest BCUT2D eigenvalue weighted by Crippen LogP contribution is -2.27. The van der Waals surface area contributed by atoms with Gasteiger partial charge in [0, 0.05) is 11.5 Å². The maximum atomic E-state index is 12.1. The minimum atomic E-state index is 0.0593.